The molecule has 1 atom stereocenters. The third-order valence-corrected chi connectivity index (χ3v) is 3.69. The van der Waals surface area contributed by atoms with Crippen LogP contribution in [0.15, 0.2) is 18.2 Å². The number of hydrogen-bond acceptors (Lipinski definition) is 5. The monoisotopic (exact) mass is 293 g/mol. The van der Waals surface area contributed by atoms with E-state index in [4.69, 9.17) is 4.74 Å². The van der Waals surface area contributed by atoms with E-state index in [1.165, 1.54) is 25.3 Å². The van der Waals surface area contributed by atoms with Crippen LogP contribution in [-0.4, -0.2) is 49.5 Å². The number of carbonyl (C=O) groups is 1. The molecule has 7 heteroatoms. The Balaban J connectivity index is 2.18. The lowest BCUT2D eigenvalue weighted by molar-refractivity contribution is -0.384. The van der Waals surface area contributed by atoms with Gasteiger partial charge < -0.3 is 15.0 Å². The van der Waals surface area contributed by atoms with Crippen molar-refractivity contribution in [3.63, 3.8) is 0 Å². The first kappa shape index (κ1) is 15.2. The quantitative estimate of drug-likeness (QED) is 0.653. The van der Waals surface area contributed by atoms with Crippen LogP contribution >= 0.6 is 0 Å². The van der Waals surface area contributed by atoms with Gasteiger partial charge in [0.25, 0.3) is 11.6 Å². The van der Waals surface area contributed by atoms with Gasteiger partial charge in [-0.25, -0.2) is 0 Å². The lowest BCUT2D eigenvalue weighted by atomic mass is 10.1. The summed E-state index contributed by atoms with van der Waals surface area (Å²) >= 11 is 0. The Labute approximate surface area is 123 Å². The van der Waals surface area contributed by atoms with Gasteiger partial charge in [0.1, 0.15) is 5.75 Å². The Hall–Kier alpha value is -2.15. The van der Waals surface area contributed by atoms with Crippen LogP contribution in [0.1, 0.15) is 16.8 Å². The molecule has 1 unspecified atom stereocenters. The molecule has 0 bridgehead atoms. The van der Waals surface area contributed by atoms with E-state index in [1.807, 2.05) is 7.05 Å². The first-order chi connectivity index (χ1) is 10.1. The van der Waals surface area contributed by atoms with E-state index in [1.54, 1.807) is 4.90 Å². The van der Waals surface area contributed by atoms with Crippen molar-refractivity contribution < 1.29 is 14.5 Å². The molecule has 1 aliphatic rings. The third kappa shape index (κ3) is 3.30. The zero-order chi connectivity index (χ0) is 15.4. The van der Waals surface area contributed by atoms with E-state index in [9.17, 15) is 14.9 Å². The van der Waals surface area contributed by atoms with E-state index < -0.39 is 4.92 Å². The molecule has 0 radical (unpaired) electrons. The number of carbonyl (C=O) groups excluding carboxylic acids is 1. The average Bonchev–Trinajstić information content (AvgIpc) is 2.94. The summed E-state index contributed by atoms with van der Waals surface area (Å²) in [6.07, 6.45) is 0.960. The van der Waals surface area contributed by atoms with Crippen molar-refractivity contribution >= 4 is 11.6 Å². The number of likely N-dealkylation sites (tertiary alicyclic amines) is 1. The smallest absolute Gasteiger partial charge is 0.273 e. The topological polar surface area (TPSA) is 84.7 Å². The minimum Gasteiger partial charge on any atom is -0.496 e. The third-order valence-electron chi connectivity index (χ3n) is 3.69. The maximum absolute atomic E-state index is 12.5. The first-order valence-electron chi connectivity index (χ1n) is 6.83. The Kier molecular flexibility index (Phi) is 4.74. The van der Waals surface area contributed by atoms with Gasteiger partial charge in [-0.3, -0.25) is 14.9 Å². The Morgan fingerprint density at radius 3 is 2.95 bits per heavy atom. The van der Waals surface area contributed by atoms with Crippen molar-refractivity contribution in [2.24, 2.45) is 5.92 Å². The van der Waals surface area contributed by atoms with E-state index >= 15 is 0 Å². The number of amides is 1. The summed E-state index contributed by atoms with van der Waals surface area (Å²) in [5.41, 5.74) is 0.283. The second kappa shape index (κ2) is 6.53. The molecule has 114 valence electrons. The van der Waals surface area contributed by atoms with Crippen molar-refractivity contribution in [2.75, 3.05) is 33.8 Å². The highest BCUT2D eigenvalue weighted by atomic mass is 16.6. The summed E-state index contributed by atoms with van der Waals surface area (Å²) in [5, 5.41) is 13.9. The molecule has 1 saturated heterocycles. The number of non-ortho nitro benzene ring substituents is 1. The van der Waals surface area contributed by atoms with Crippen molar-refractivity contribution in [3.05, 3.63) is 33.9 Å². The van der Waals surface area contributed by atoms with Crippen LogP contribution in [0.3, 0.4) is 0 Å². The van der Waals surface area contributed by atoms with E-state index in [-0.39, 0.29) is 17.3 Å². The highest BCUT2D eigenvalue weighted by Gasteiger charge is 2.28. The van der Waals surface area contributed by atoms with Crippen molar-refractivity contribution in [1.82, 2.24) is 10.2 Å². The molecular weight excluding hydrogens is 274 g/mol. The highest BCUT2D eigenvalue weighted by molar-refractivity contribution is 5.97. The lowest BCUT2D eigenvalue weighted by Gasteiger charge is -2.18. The number of nitrogens with one attached hydrogen (secondary N) is 1. The first-order valence-corrected chi connectivity index (χ1v) is 6.83. The standard InChI is InChI=1S/C14H19N3O4/c1-15-8-10-5-6-16(9-10)14(18)12-4-3-11(17(19)20)7-13(12)21-2/h3-4,7,10,15H,5-6,8-9H2,1-2H3. The van der Waals surface area contributed by atoms with Crippen LogP contribution in [0.25, 0.3) is 0 Å². The molecule has 7 nitrogen and oxygen atoms in total. The summed E-state index contributed by atoms with van der Waals surface area (Å²) in [6.45, 7) is 2.27. The number of hydrogen-bond donors (Lipinski definition) is 1. The van der Waals surface area contributed by atoms with E-state index in [0.29, 0.717) is 24.6 Å². The van der Waals surface area contributed by atoms with Crippen LogP contribution in [0.4, 0.5) is 5.69 Å². The molecule has 1 aromatic rings. The second-order valence-electron chi connectivity index (χ2n) is 5.11. The molecule has 1 aromatic carbocycles. The lowest BCUT2D eigenvalue weighted by Crippen LogP contribution is -2.30. The number of methoxy groups -OCH3 is 1. The second-order valence-corrected chi connectivity index (χ2v) is 5.11. The van der Waals surface area contributed by atoms with Gasteiger partial charge in [0.05, 0.1) is 23.7 Å². The molecule has 0 aliphatic carbocycles. The number of ether oxygens (including phenoxy) is 1. The fourth-order valence-corrected chi connectivity index (χ4v) is 2.61. The molecule has 1 aliphatic heterocycles. The SMILES string of the molecule is CNCC1CCN(C(=O)c2ccc([N+](=O)[O-])cc2OC)C1. The predicted molar refractivity (Wildman–Crippen MR) is 77.6 cm³/mol. The van der Waals surface area contributed by atoms with E-state index in [2.05, 4.69) is 5.32 Å². The van der Waals surface area contributed by atoms with E-state index in [0.717, 1.165) is 13.0 Å². The molecule has 0 spiro atoms. The van der Waals surface area contributed by atoms with Crippen LogP contribution in [0.2, 0.25) is 0 Å². The molecule has 21 heavy (non-hydrogen) atoms. The van der Waals surface area contributed by atoms with Gasteiger partial charge in [-0.1, -0.05) is 0 Å². The minimum atomic E-state index is -0.504. The Morgan fingerprint density at radius 1 is 1.57 bits per heavy atom. The number of benzene rings is 1. The molecule has 0 aromatic heterocycles. The van der Waals surface area contributed by atoms with Gasteiger partial charge in [0.15, 0.2) is 0 Å². The minimum absolute atomic E-state index is 0.0853. The summed E-state index contributed by atoms with van der Waals surface area (Å²) in [4.78, 5) is 24.5. The molecule has 1 fully saturated rings. The van der Waals surface area contributed by atoms with Crippen molar-refractivity contribution in [1.29, 1.82) is 0 Å². The predicted octanol–water partition coefficient (Wildman–Crippen LogP) is 1.28. The maximum Gasteiger partial charge on any atom is 0.273 e. The molecule has 1 amide bonds. The van der Waals surface area contributed by atoms with Gasteiger partial charge in [-0.15, -0.1) is 0 Å². The largest absolute Gasteiger partial charge is 0.496 e. The number of nitro benzene ring substituents is 1. The average molecular weight is 293 g/mol. The van der Waals surface area contributed by atoms with Gasteiger partial charge >= 0.3 is 0 Å². The number of rotatable bonds is 5. The van der Waals surface area contributed by atoms with Crippen molar-refractivity contribution in [3.8, 4) is 5.75 Å². The summed E-state index contributed by atoms with van der Waals surface area (Å²) in [5.74, 6) is 0.551. The Bertz CT molecular complexity index is 547. The van der Waals surface area contributed by atoms with Gasteiger partial charge in [0.2, 0.25) is 0 Å². The van der Waals surface area contributed by atoms with Gasteiger partial charge in [-0.2, -0.15) is 0 Å². The molecule has 2 rings (SSSR count). The van der Waals surface area contributed by atoms with Crippen LogP contribution in [0.5, 0.6) is 5.75 Å². The number of nitro groups is 1. The molecule has 1 heterocycles. The molecular formula is C14H19N3O4. The fourth-order valence-electron chi connectivity index (χ4n) is 2.61. The zero-order valence-corrected chi connectivity index (χ0v) is 12.2. The summed E-state index contributed by atoms with van der Waals surface area (Å²) in [7, 11) is 3.30. The molecule has 1 N–H and O–H groups in total. The molecule has 0 saturated carbocycles. The fraction of sp³-hybridized carbons (Fsp3) is 0.500. The van der Waals surface area contributed by atoms with Gasteiger partial charge in [-0.05, 0) is 32.0 Å². The van der Waals surface area contributed by atoms with Crippen LogP contribution < -0.4 is 10.1 Å². The summed E-state index contributed by atoms with van der Waals surface area (Å²) < 4.78 is 5.13. The van der Waals surface area contributed by atoms with Crippen LogP contribution in [0, 0.1) is 16.0 Å². The Morgan fingerprint density at radius 2 is 2.33 bits per heavy atom. The van der Waals surface area contributed by atoms with Gasteiger partial charge in [0, 0.05) is 19.2 Å². The van der Waals surface area contributed by atoms with Crippen molar-refractivity contribution in [2.45, 2.75) is 6.42 Å². The zero-order valence-electron chi connectivity index (χ0n) is 12.2. The highest BCUT2D eigenvalue weighted by Crippen LogP contribution is 2.27. The maximum atomic E-state index is 12.5. The van der Waals surface area contributed by atoms with Crippen LogP contribution in [-0.2, 0) is 0 Å². The number of nitrogens with zero attached hydrogens (tertiary/aromatic N) is 2. The summed E-state index contributed by atoms with van der Waals surface area (Å²) in [6, 6.07) is 4.08. The normalized spacial score (nSPS) is 17.8.